The Balaban J connectivity index is 1.33. The van der Waals surface area contributed by atoms with Gasteiger partial charge < -0.3 is 15.0 Å². The number of carbonyl (C=O) groups excluding carboxylic acids is 1. The second-order valence-corrected chi connectivity index (χ2v) is 10.8. The van der Waals surface area contributed by atoms with E-state index in [1.807, 2.05) is 4.90 Å². The molecular formula is C24H31F2N3O2. The predicted molar refractivity (Wildman–Crippen MR) is 113 cm³/mol. The van der Waals surface area contributed by atoms with Crippen LogP contribution in [0.5, 0.6) is 0 Å². The Kier molecular flexibility index (Phi) is 4.41. The van der Waals surface area contributed by atoms with E-state index in [9.17, 15) is 4.79 Å². The molecule has 5 nitrogen and oxygen atoms in total. The molecule has 0 aromatic carbocycles. The van der Waals surface area contributed by atoms with Crippen LogP contribution in [0.15, 0.2) is 6.20 Å². The van der Waals surface area contributed by atoms with Crippen molar-refractivity contribution in [2.24, 2.45) is 5.92 Å². The minimum Gasteiger partial charge on any atom is -0.378 e. The van der Waals surface area contributed by atoms with Crippen molar-refractivity contribution in [2.45, 2.75) is 81.1 Å². The second-order valence-electron chi connectivity index (χ2n) is 10.8. The van der Waals surface area contributed by atoms with Gasteiger partial charge in [0.05, 0.1) is 18.8 Å². The summed E-state index contributed by atoms with van der Waals surface area (Å²) in [5.74, 6) is 0.889. The van der Waals surface area contributed by atoms with Crippen molar-refractivity contribution in [1.29, 1.82) is 0 Å². The number of hydrogen-bond donors (Lipinski definition) is 1. The molecule has 1 saturated heterocycles. The zero-order valence-electron chi connectivity index (χ0n) is 18.0. The summed E-state index contributed by atoms with van der Waals surface area (Å²) in [6.45, 7) is 2.35. The summed E-state index contributed by atoms with van der Waals surface area (Å²) in [4.78, 5) is 19.7. The zero-order valence-corrected chi connectivity index (χ0v) is 18.0. The Morgan fingerprint density at radius 1 is 1.03 bits per heavy atom. The lowest BCUT2D eigenvalue weighted by Crippen LogP contribution is -2.65. The summed E-state index contributed by atoms with van der Waals surface area (Å²) in [6, 6.07) is 0. The summed E-state index contributed by atoms with van der Waals surface area (Å²) in [5.41, 5.74) is -0.494. The Morgan fingerprint density at radius 3 is 2.39 bits per heavy atom. The number of rotatable bonds is 3. The van der Waals surface area contributed by atoms with E-state index in [0.29, 0.717) is 57.6 Å². The molecule has 0 radical (unpaired) electrons. The molecule has 7 heteroatoms. The quantitative estimate of drug-likeness (QED) is 0.786. The van der Waals surface area contributed by atoms with E-state index in [0.717, 1.165) is 49.0 Å². The molecule has 2 unspecified atom stereocenters. The van der Waals surface area contributed by atoms with Gasteiger partial charge in [-0.3, -0.25) is 4.79 Å². The third kappa shape index (κ3) is 3.35. The molecule has 1 aliphatic heterocycles. The number of halogens is 2. The molecule has 1 aromatic heterocycles. The van der Waals surface area contributed by atoms with Crippen molar-refractivity contribution in [2.75, 3.05) is 31.6 Å². The highest BCUT2D eigenvalue weighted by Gasteiger charge is 2.65. The molecule has 6 aliphatic rings. The lowest BCUT2D eigenvalue weighted by Gasteiger charge is -2.61. The van der Waals surface area contributed by atoms with Gasteiger partial charge in [-0.15, -0.1) is 0 Å². The molecule has 5 aliphatic carbocycles. The highest BCUT2D eigenvalue weighted by molar-refractivity contribution is 5.96. The zero-order chi connectivity index (χ0) is 21.3. The van der Waals surface area contributed by atoms with Crippen molar-refractivity contribution in [1.82, 2.24) is 9.88 Å². The molecule has 2 atom stereocenters. The van der Waals surface area contributed by atoms with Crippen molar-refractivity contribution >= 4 is 11.7 Å². The minimum atomic E-state index is -1.40. The summed E-state index contributed by atoms with van der Waals surface area (Å²) >= 11 is 0. The maximum atomic E-state index is 15.4. The van der Waals surface area contributed by atoms with E-state index < -0.39 is 16.9 Å². The largest absolute Gasteiger partial charge is 0.378 e. The Bertz CT molecular complexity index is 898. The Morgan fingerprint density at radius 2 is 1.71 bits per heavy atom. The van der Waals surface area contributed by atoms with Crippen molar-refractivity contribution in [3.05, 3.63) is 22.9 Å². The number of pyridine rings is 1. The maximum Gasteiger partial charge on any atom is 0.255 e. The predicted octanol–water partition coefficient (Wildman–Crippen LogP) is 4.00. The van der Waals surface area contributed by atoms with Crippen LogP contribution in [0.4, 0.5) is 14.6 Å². The fourth-order valence-corrected chi connectivity index (χ4v) is 7.57. The smallest absolute Gasteiger partial charge is 0.255 e. The Labute approximate surface area is 181 Å². The lowest BCUT2D eigenvalue weighted by molar-refractivity contribution is -0.137. The van der Waals surface area contributed by atoms with Crippen molar-refractivity contribution < 1.29 is 18.3 Å². The van der Waals surface area contributed by atoms with Crippen molar-refractivity contribution in [3.8, 4) is 0 Å². The molecule has 168 valence electrons. The number of hydrogen-bond acceptors (Lipinski definition) is 4. The molecule has 4 saturated carbocycles. The molecule has 1 amide bonds. The van der Waals surface area contributed by atoms with Gasteiger partial charge in [0.15, 0.2) is 0 Å². The van der Waals surface area contributed by atoms with E-state index >= 15 is 8.78 Å². The summed E-state index contributed by atoms with van der Waals surface area (Å²) in [5, 5.41) is 3.57. The number of aromatic nitrogens is 1. The van der Waals surface area contributed by atoms with Crippen LogP contribution in [0.2, 0.25) is 0 Å². The third-order valence-corrected chi connectivity index (χ3v) is 8.25. The van der Waals surface area contributed by atoms with Gasteiger partial charge in [0.25, 0.3) is 5.91 Å². The van der Waals surface area contributed by atoms with Gasteiger partial charge in [-0.1, -0.05) is 0 Å². The standard InChI is InChI=1S/C24H31F2N3O2/c25-22-9-16-10-23(26,13-22)15-24(11-16,14-22)28-20-18-4-2-1-3-17(18)19(12-27-20)21(30)29-5-7-31-8-6-29/h12,16H,1-11,13-15H2,(H,27,28). The number of amides is 1. The molecule has 5 fully saturated rings. The van der Waals surface area contributed by atoms with Crippen LogP contribution >= 0.6 is 0 Å². The van der Waals surface area contributed by atoms with Gasteiger partial charge in [0, 0.05) is 44.1 Å². The molecule has 1 N–H and O–H groups in total. The first kappa shape index (κ1) is 19.9. The molecule has 1 aromatic rings. The average molecular weight is 432 g/mol. The van der Waals surface area contributed by atoms with Crippen LogP contribution in [-0.2, 0) is 17.6 Å². The van der Waals surface area contributed by atoms with Crippen LogP contribution in [0.1, 0.15) is 72.9 Å². The molecule has 4 bridgehead atoms. The number of carbonyl (C=O) groups is 1. The lowest BCUT2D eigenvalue weighted by atomic mass is 9.50. The van der Waals surface area contributed by atoms with Crippen LogP contribution in [0.3, 0.4) is 0 Å². The first-order chi connectivity index (χ1) is 14.9. The van der Waals surface area contributed by atoms with Gasteiger partial charge in [-0.2, -0.15) is 0 Å². The Hall–Kier alpha value is -1.76. The highest BCUT2D eigenvalue weighted by atomic mass is 19.2. The van der Waals surface area contributed by atoms with Crippen molar-refractivity contribution in [3.63, 3.8) is 0 Å². The number of morpholine rings is 1. The normalized spacial score (nSPS) is 38.8. The van der Waals surface area contributed by atoms with E-state index in [1.165, 1.54) is 0 Å². The monoisotopic (exact) mass is 431 g/mol. The first-order valence-electron chi connectivity index (χ1n) is 11.9. The molecular weight excluding hydrogens is 400 g/mol. The van der Waals surface area contributed by atoms with E-state index in [-0.39, 0.29) is 18.2 Å². The SMILES string of the molecule is O=C(c1cnc(NC23CC4CC(F)(CC(F)(C4)C2)C3)c2c1CCCC2)N1CCOCC1. The number of anilines is 1. The summed E-state index contributed by atoms with van der Waals surface area (Å²) in [6.07, 6.45) is 8.11. The van der Waals surface area contributed by atoms with Crippen LogP contribution < -0.4 is 5.32 Å². The minimum absolute atomic E-state index is 0.0285. The van der Waals surface area contributed by atoms with Gasteiger partial charge in [-0.05, 0) is 62.0 Å². The van der Waals surface area contributed by atoms with Crippen LogP contribution in [-0.4, -0.2) is 59.0 Å². The number of ether oxygens (including phenoxy) is 1. The fraction of sp³-hybridized carbons (Fsp3) is 0.750. The maximum absolute atomic E-state index is 15.4. The van der Waals surface area contributed by atoms with Crippen LogP contribution in [0, 0.1) is 5.92 Å². The fourth-order valence-electron chi connectivity index (χ4n) is 7.57. The van der Waals surface area contributed by atoms with Gasteiger partial charge >= 0.3 is 0 Å². The van der Waals surface area contributed by atoms with Gasteiger partial charge in [0.1, 0.15) is 17.2 Å². The number of fused-ring (bicyclic) bond motifs is 1. The van der Waals surface area contributed by atoms with Gasteiger partial charge in [0.2, 0.25) is 0 Å². The van der Waals surface area contributed by atoms with Gasteiger partial charge in [-0.25, -0.2) is 13.8 Å². The molecule has 2 heterocycles. The van der Waals surface area contributed by atoms with E-state index in [2.05, 4.69) is 5.32 Å². The number of alkyl halides is 2. The highest BCUT2D eigenvalue weighted by Crippen LogP contribution is 2.62. The third-order valence-electron chi connectivity index (χ3n) is 8.25. The first-order valence-corrected chi connectivity index (χ1v) is 11.9. The number of nitrogens with zero attached hydrogens (tertiary/aromatic N) is 2. The average Bonchev–Trinajstić information content (AvgIpc) is 2.71. The topological polar surface area (TPSA) is 54.5 Å². The second kappa shape index (κ2) is 6.87. The molecule has 0 spiro atoms. The molecule has 31 heavy (non-hydrogen) atoms. The van der Waals surface area contributed by atoms with E-state index in [1.54, 1.807) is 6.20 Å². The number of nitrogens with one attached hydrogen (secondary N) is 1. The summed E-state index contributed by atoms with van der Waals surface area (Å²) in [7, 11) is 0. The molecule has 7 rings (SSSR count). The van der Waals surface area contributed by atoms with E-state index in [4.69, 9.17) is 9.72 Å². The summed E-state index contributed by atoms with van der Waals surface area (Å²) < 4.78 is 36.2. The van der Waals surface area contributed by atoms with Crippen LogP contribution in [0.25, 0.3) is 0 Å².